The molecule has 1 aromatic carbocycles. The number of rotatable bonds is 6. The predicted molar refractivity (Wildman–Crippen MR) is 95.6 cm³/mol. The van der Waals surface area contributed by atoms with Crippen molar-refractivity contribution < 1.29 is 9.53 Å². The third kappa shape index (κ3) is 4.81. The summed E-state index contributed by atoms with van der Waals surface area (Å²) in [4.78, 5) is 14.5. The molecule has 2 N–H and O–H groups in total. The normalized spacial score (nSPS) is 25.1. The Balaban J connectivity index is 1.34. The highest BCUT2D eigenvalue weighted by Crippen LogP contribution is 2.28. The molecule has 1 aliphatic heterocycles. The summed E-state index contributed by atoms with van der Waals surface area (Å²) in [5, 5.41) is 0. The summed E-state index contributed by atoms with van der Waals surface area (Å²) in [5.74, 6) is 0.692. The molecule has 1 heterocycles. The first-order chi connectivity index (χ1) is 11.7. The maximum atomic E-state index is 12.4. The number of nitrogens with zero attached hydrogens (tertiary/aromatic N) is 1. The molecule has 2 aliphatic rings. The Kier molecular flexibility index (Phi) is 6.27. The van der Waals surface area contributed by atoms with E-state index in [1.807, 2.05) is 11.0 Å². The smallest absolute Gasteiger partial charge is 0.222 e. The molecule has 1 aromatic rings. The van der Waals surface area contributed by atoms with E-state index in [2.05, 4.69) is 24.3 Å². The quantitative estimate of drug-likeness (QED) is 0.872. The molecule has 0 spiro atoms. The average Bonchev–Trinajstić information content (AvgIpc) is 3.01. The summed E-state index contributed by atoms with van der Waals surface area (Å²) < 4.78 is 6.01. The van der Waals surface area contributed by atoms with Gasteiger partial charge in [0.1, 0.15) is 0 Å². The van der Waals surface area contributed by atoms with E-state index in [1.165, 1.54) is 12.0 Å². The summed E-state index contributed by atoms with van der Waals surface area (Å²) in [6.07, 6.45) is 7.18. The van der Waals surface area contributed by atoms with E-state index in [4.69, 9.17) is 10.5 Å². The number of ether oxygens (including phenoxy) is 1. The van der Waals surface area contributed by atoms with E-state index in [1.54, 1.807) is 0 Å². The Morgan fingerprint density at radius 2 is 1.88 bits per heavy atom. The Bertz CT molecular complexity index is 512. The molecular weight excluding hydrogens is 300 g/mol. The molecule has 0 aromatic heterocycles. The minimum Gasteiger partial charge on any atom is -0.378 e. The summed E-state index contributed by atoms with van der Waals surface area (Å²) >= 11 is 0. The van der Waals surface area contributed by atoms with Crippen LogP contribution in [0.3, 0.4) is 0 Å². The van der Waals surface area contributed by atoms with Crippen LogP contribution in [0.1, 0.15) is 44.1 Å². The molecule has 0 radical (unpaired) electrons. The maximum Gasteiger partial charge on any atom is 0.222 e. The number of benzene rings is 1. The zero-order valence-electron chi connectivity index (χ0n) is 14.5. The van der Waals surface area contributed by atoms with E-state index >= 15 is 0 Å². The lowest BCUT2D eigenvalue weighted by Crippen LogP contribution is -2.42. The van der Waals surface area contributed by atoms with Crippen LogP contribution in [0.2, 0.25) is 0 Å². The van der Waals surface area contributed by atoms with E-state index in [0.29, 0.717) is 24.3 Å². The van der Waals surface area contributed by atoms with Crippen molar-refractivity contribution in [3.63, 3.8) is 0 Å². The van der Waals surface area contributed by atoms with Crippen LogP contribution in [0.25, 0.3) is 0 Å². The van der Waals surface area contributed by atoms with Gasteiger partial charge in [-0.05, 0) is 43.6 Å². The lowest BCUT2D eigenvalue weighted by Gasteiger charge is -2.33. The van der Waals surface area contributed by atoms with Crippen molar-refractivity contribution in [2.24, 2.45) is 11.7 Å². The number of hydrogen-bond donors (Lipinski definition) is 1. The molecule has 0 unspecified atom stereocenters. The van der Waals surface area contributed by atoms with E-state index < -0.39 is 0 Å². The third-order valence-electron chi connectivity index (χ3n) is 5.54. The van der Waals surface area contributed by atoms with E-state index in [9.17, 15) is 4.79 Å². The first-order valence-electron chi connectivity index (χ1n) is 9.41. The number of nitrogens with two attached hydrogens (primary N) is 1. The van der Waals surface area contributed by atoms with Crippen LogP contribution in [0.5, 0.6) is 0 Å². The van der Waals surface area contributed by atoms with Gasteiger partial charge in [-0.1, -0.05) is 36.8 Å². The number of likely N-dealkylation sites (tertiary alicyclic amines) is 1. The molecule has 132 valence electrons. The summed E-state index contributed by atoms with van der Waals surface area (Å²) in [5.41, 5.74) is 7.41. The van der Waals surface area contributed by atoms with Gasteiger partial charge in [0.05, 0.1) is 12.7 Å². The Morgan fingerprint density at radius 1 is 1.12 bits per heavy atom. The molecule has 4 heteroatoms. The molecule has 0 bridgehead atoms. The SMILES string of the molecule is N[C@@H]1CCC[C@H]1CC(=O)N1CCC(OCCc2ccccc2)CC1. The van der Waals surface area contributed by atoms with Crippen molar-refractivity contribution in [2.45, 2.75) is 57.1 Å². The zero-order chi connectivity index (χ0) is 16.8. The number of amides is 1. The largest absolute Gasteiger partial charge is 0.378 e. The Labute approximate surface area is 145 Å². The van der Waals surface area contributed by atoms with Gasteiger partial charge in [-0.3, -0.25) is 4.79 Å². The maximum absolute atomic E-state index is 12.4. The molecule has 2 fully saturated rings. The van der Waals surface area contributed by atoms with Crippen molar-refractivity contribution in [2.75, 3.05) is 19.7 Å². The second kappa shape index (κ2) is 8.63. The molecule has 1 saturated heterocycles. The topological polar surface area (TPSA) is 55.6 Å². The van der Waals surface area contributed by atoms with Crippen LogP contribution in [0.4, 0.5) is 0 Å². The lowest BCUT2D eigenvalue weighted by atomic mass is 9.98. The summed E-state index contributed by atoms with van der Waals surface area (Å²) in [6.45, 7) is 2.42. The van der Waals surface area contributed by atoms with E-state index in [-0.39, 0.29) is 6.04 Å². The van der Waals surface area contributed by atoms with Gasteiger partial charge in [0.25, 0.3) is 0 Å². The second-order valence-corrected chi connectivity index (χ2v) is 7.25. The van der Waals surface area contributed by atoms with Gasteiger partial charge >= 0.3 is 0 Å². The number of carbonyl (C=O) groups excluding carboxylic acids is 1. The molecule has 1 amide bonds. The number of piperidine rings is 1. The van der Waals surface area contributed by atoms with Crippen molar-refractivity contribution >= 4 is 5.91 Å². The monoisotopic (exact) mass is 330 g/mol. The molecule has 4 nitrogen and oxygen atoms in total. The van der Waals surface area contributed by atoms with Gasteiger partial charge in [0.2, 0.25) is 5.91 Å². The first kappa shape index (κ1) is 17.4. The van der Waals surface area contributed by atoms with Gasteiger partial charge < -0.3 is 15.4 Å². The molecule has 24 heavy (non-hydrogen) atoms. The fraction of sp³-hybridized carbons (Fsp3) is 0.650. The van der Waals surface area contributed by atoms with E-state index in [0.717, 1.165) is 51.8 Å². The van der Waals surface area contributed by atoms with Crippen LogP contribution >= 0.6 is 0 Å². The van der Waals surface area contributed by atoms with Gasteiger partial charge in [-0.15, -0.1) is 0 Å². The molecule has 1 saturated carbocycles. The van der Waals surface area contributed by atoms with Crippen LogP contribution in [-0.2, 0) is 16.0 Å². The van der Waals surface area contributed by atoms with Crippen molar-refractivity contribution in [3.05, 3.63) is 35.9 Å². The van der Waals surface area contributed by atoms with Crippen LogP contribution < -0.4 is 5.73 Å². The van der Waals surface area contributed by atoms with Gasteiger partial charge in [0, 0.05) is 25.6 Å². The minimum atomic E-state index is 0.229. The highest BCUT2D eigenvalue weighted by Gasteiger charge is 2.29. The van der Waals surface area contributed by atoms with Crippen LogP contribution in [0, 0.1) is 5.92 Å². The average molecular weight is 330 g/mol. The predicted octanol–water partition coefficient (Wildman–Crippen LogP) is 2.75. The molecule has 2 atom stereocenters. The van der Waals surface area contributed by atoms with Gasteiger partial charge in [0.15, 0.2) is 0 Å². The van der Waals surface area contributed by atoms with Crippen molar-refractivity contribution in [1.29, 1.82) is 0 Å². The van der Waals surface area contributed by atoms with Crippen molar-refractivity contribution in [3.8, 4) is 0 Å². The van der Waals surface area contributed by atoms with Crippen LogP contribution in [0.15, 0.2) is 30.3 Å². The summed E-state index contributed by atoms with van der Waals surface area (Å²) in [7, 11) is 0. The van der Waals surface area contributed by atoms with Gasteiger partial charge in [-0.2, -0.15) is 0 Å². The van der Waals surface area contributed by atoms with Gasteiger partial charge in [-0.25, -0.2) is 0 Å². The molecular formula is C20H30N2O2. The lowest BCUT2D eigenvalue weighted by molar-refractivity contribution is -0.134. The highest BCUT2D eigenvalue weighted by molar-refractivity contribution is 5.76. The highest BCUT2D eigenvalue weighted by atomic mass is 16.5. The fourth-order valence-corrected chi connectivity index (χ4v) is 3.93. The van der Waals surface area contributed by atoms with Crippen LogP contribution in [-0.4, -0.2) is 42.6 Å². The Morgan fingerprint density at radius 3 is 2.54 bits per heavy atom. The number of carbonyl (C=O) groups is 1. The zero-order valence-corrected chi connectivity index (χ0v) is 14.5. The minimum absolute atomic E-state index is 0.229. The summed E-state index contributed by atoms with van der Waals surface area (Å²) in [6, 6.07) is 10.7. The Hall–Kier alpha value is -1.39. The third-order valence-corrected chi connectivity index (χ3v) is 5.54. The standard InChI is InChI=1S/C20H30N2O2/c21-19-8-4-7-17(19)15-20(23)22-12-9-18(10-13-22)24-14-11-16-5-2-1-3-6-16/h1-3,5-6,17-19H,4,7-15,21H2/t17-,19+/m0/s1. The van der Waals surface area contributed by atoms with Crippen molar-refractivity contribution in [1.82, 2.24) is 4.90 Å². The molecule has 1 aliphatic carbocycles. The molecule has 3 rings (SSSR count). The second-order valence-electron chi connectivity index (χ2n) is 7.25. The first-order valence-corrected chi connectivity index (χ1v) is 9.41. The number of hydrogen-bond acceptors (Lipinski definition) is 3. The fourth-order valence-electron chi connectivity index (χ4n) is 3.93.